The number of rotatable bonds is 3. The Morgan fingerprint density at radius 3 is 2.63 bits per heavy atom. The molecule has 0 unspecified atom stereocenters. The molecule has 1 heterocycles. The van der Waals surface area contributed by atoms with Crippen LogP contribution in [0.1, 0.15) is 5.56 Å². The molecule has 0 spiro atoms. The van der Waals surface area contributed by atoms with Gasteiger partial charge in [0, 0.05) is 6.07 Å². The fourth-order valence-electron chi connectivity index (χ4n) is 1.96. The van der Waals surface area contributed by atoms with Crippen LogP contribution >= 0.6 is 0 Å². The summed E-state index contributed by atoms with van der Waals surface area (Å²) >= 11 is 0. The van der Waals surface area contributed by atoms with Crippen LogP contribution in [0.15, 0.2) is 70.1 Å². The molecular formula is C16H12O3. The predicted molar refractivity (Wildman–Crippen MR) is 73.3 cm³/mol. The fraction of sp³-hybridized carbons (Fsp3) is 0.0625. The molecule has 3 rings (SSSR count). The van der Waals surface area contributed by atoms with Crippen LogP contribution in [0, 0.1) is 0 Å². The third-order valence-corrected chi connectivity index (χ3v) is 2.89. The minimum atomic E-state index is -0.0927. The van der Waals surface area contributed by atoms with E-state index in [-0.39, 0.29) is 5.43 Å². The van der Waals surface area contributed by atoms with Crippen molar-refractivity contribution in [2.24, 2.45) is 0 Å². The van der Waals surface area contributed by atoms with Gasteiger partial charge in [0.1, 0.15) is 23.3 Å². The van der Waals surface area contributed by atoms with Gasteiger partial charge in [-0.1, -0.05) is 36.4 Å². The number of hydrogen-bond acceptors (Lipinski definition) is 3. The molecule has 3 heteroatoms. The lowest BCUT2D eigenvalue weighted by atomic mass is 10.2. The van der Waals surface area contributed by atoms with Gasteiger partial charge in [-0.3, -0.25) is 4.79 Å². The Labute approximate surface area is 110 Å². The van der Waals surface area contributed by atoms with Crippen LogP contribution in [0.5, 0.6) is 5.75 Å². The van der Waals surface area contributed by atoms with E-state index in [4.69, 9.17) is 9.15 Å². The van der Waals surface area contributed by atoms with Crippen LogP contribution in [0.4, 0.5) is 0 Å². The van der Waals surface area contributed by atoms with Crippen LogP contribution in [-0.2, 0) is 6.61 Å². The van der Waals surface area contributed by atoms with Crippen molar-refractivity contribution >= 4 is 11.0 Å². The number of hydrogen-bond donors (Lipinski definition) is 0. The minimum Gasteiger partial charge on any atom is -0.488 e. The molecule has 0 atom stereocenters. The molecule has 94 valence electrons. The Bertz CT molecular complexity index is 739. The third-order valence-electron chi connectivity index (χ3n) is 2.89. The minimum absolute atomic E-state index is 0.0927. The van der Waals surface area contributed by atoms with Crippen LogP contribution in [0.2, 0.25) is 0 Å². The summed E-state index contributed by atoms with van der Waals surface area (Å²) in [6, 6.07) is 16.6. The summed E-state index contributed by atoms with van der Waals surface area (Å²) in [4.78, 5) is 11.9. The molecule has 0 aliphatic heterocycles. The quantitative estimate of drug-likeness (QED) is 0.717. The second kappa shape index (κ2) is 4.98. The van der Waals surface area contributed by atoms with Gasteiger partial charge in [0.2, 0.25) is 0 Å². The van der Waals surface area contributed by atoms with E-state index in [1.54, 1.807) is 12.1 Å². The SMILES string of the molecule is O=c1ccoc2cccc(OCc3ccccc3)c12. The molecule has 0 bridgehead atoms. The van der Waals surface area contributed by atoms with E-state index in [2.05, 4.69) is 0 Å². The zero-order valence-electron chi connectivity index (χ0n) is 10.2. The summed E-state index contributed by atoms with van der Waals surface area (Å²) in [7, 11) is 0. The van der Waals surface area contributed by atoms with Gasteiger partial charge in [-0.15, -0.1) is 0 Å². The first-order valence-electron chi connectivity index (χ1n) is 6.02. The molecule has 2 aromatic carbocycles. The molecule has 0 saturated heterocycles. The predicted octanol–water partition coefficient (Wildman–Crippen LogP) is 3.37. The van der Waals surface area contributed by atoms with E-state index >= 15 is 0 Å². The summed E-state index contributed by atoms with van der Waals surface area (Å²) in [5.74, 6) is 0.552. The lowest BCUT2D eigenvalue weighted by molar-refractivity contribution is 0.309. The molecule has 19 heavy (non-hydrogen) atoms. The van der Waals surface area contributed by atoms with Gasteiger partial charge in [0.05, 0.1) is 6.26 Å². The fourth-order valence-corrected chi connectivity index (χ4v) is 1.96. The Morgan fingerprint density at radius 1 is 0.947 bits per heavy atom. The van der Waals surface area contributed by atoms with E-state index in [1.165, 1.54) is 12.3 Å². The maximum absolute atomic E-state index is 11.9. The summed E-state index contributed by atoms with van der Waals surface area (Å²) in [5, 5.41) is 0.487. The van der Waals surface area contributed by atoms with Gasteiger partial charge in [0.15, 0.2) is 5.43 Å². The van der Waals surface area contributed by atoms with Crippen molar-refractivity contribution in [2.75, 3.05) is 0 Å². The Balaban J connectivity index is 1.95. The van der Waals surface area contributed by atoms with Gasteiger partial charge in [-0.2, -0.15) is 0 Å². The van der Waals surface area contributed by atoms with Gasteiger partial charge < -0.3 is 9.15 Å². The first-order chi connectivity index (χ1) is 9.34. The molecule has 3 aromatic rings. The van der Waals surface area contributed by atoms with Crippen molar-refractivity contribution in [3.8, 4) is 5.75 Å². The molecule has 0 amide bonds. The smallest absolute Gasteiger partial charge is 0.196 e. The number of benzene rings is 2. The molecule has 0 aliphatic rings. The average Bonchev–Trinajstić information content (AvgIpc) is 2.46. The van der Waals surface area contributed by atoms with E-state index in [0.717, 1.165) is 5.56 Å². The largest absolute Gasteiger partial charge is 0.488 e. The van der Waals surface area contributed by atoms with Gasteiger partial charge in [-0.05, 0) is 17.7 Å². The van der Waals surface area contributed by atoms with Gasteiger partial charge in [-0.25, -0.2) is 0 Å². The van der Waals surface area contributed by atoms with Crippen LogP contribution in [-0.4, -0.2) is 0 Å². The molecule has 0 saturated carbocycles. The normalized spacial score (nSPS) is 10.5. The highest BCUT2D eigenvalue weighted by Crippen LogP contribution is 2.22. The molecule has 0 aliphatic carbocycles. The van der Waals surface area contributed by atoms with Crippen LogP contribution in [0.3, 0.4) is 0 Å². The Kier molecular flexibility index (Phi) is 3.02. The molecule has 0 radical (unpaired) electrons. The maximum atomic E-state index is 11.9. The second-order valence-electron chi connectivity index (χ2n) is 4.19. The monoisotopic (exact) mass is 252 g/mol. The average molecular weight is 252 g/mol. The zero-order valence-corrected chi connectivity index (χ0v) is 10.2. The van der Waals surface area contributed by atoms with E-state index in [9.17, 15) is 4.79 Å². The summed E-state index contributed by atoms with van der Waals surface area (Å²) < 4.78 is 11.0. The standard InChI is InChI=1S/C16H12O3/c17-13-9-10-18-14-7-4-8-15(16(13)14)19-11-12-5-2-1-3-6-12/h1-10H,11H2. The summed E-state index contributed by atoms with van der Waals surface area (Å²) in [6.45, 7) is 0.425. The van der Waals surface area contributed by atoms with Gasteiger partial charge >= 0.3 is 0 Å². The maximum Gasteiger partial charge on any atom is 0.196 e. The highest BCUT2D eigenvalue weighted by Gasteiger charge is 2.07. The van der Waals surface area contributed by atoms with Crippen molar-refractivity contribution in [3.63, 3.8) is 0 Å². The first kappa shape index (κ1) is 11.5. The van der Waals surface area contributed by atoms with E-state index < -0.39 is 0 Å². The van der Waals surface area contributed by atoms with E-state index in [1.807, 2.05) is 36.4 Å². The molecule has 3 nitrogen and oxygen atoms in total. The number of fused-ring (bicyclic) bond motifs is 1. The zero-order chi connectivity index (χ0) is 13.1. The van der Waals surface area contributed by atoms with Crippen molar-refractivity contribution in [3.05, 3.63) is 76.6 Å². The van der Waals surface area contributed by atoms with Crippen molar-refractivity contribution in [2.45, 2.75) is 6.61 Å². The Hall–Kier alpha value is -2.55. The van der Waals surface area contributed by atoms with Crippen LogP contribution < -0.4 is 10.2 Å². The Morgan fingerprint density at radius 2 is 1.79 bits per heavy atom. The van der Waals surface area contributed by atoms with Crippen molar-refractivity contribution in [1.29, 1.82) is 0 Å². The van der Waals surface area contributed by atoms with Crippen molar-refractivity contribution < 1.29 is 9.15 Å². The summed E-state index contributed by atoms with van der Waals surface area (Å²) in [5.41, 5.74) is 1.50. The van der Waals surface area contributed by atoms with Gasteiger partial charge in [0.25, 0.3) is 0 Å². The van der Waals surface area contributed by atoms with E-state index in [0.29, 0.717) is 23.3 Å². The lowest BCUT2D eigenvalue weighted by Crippen LogP contribution is -2.03. The molecule has 1 aromatic heterocycles. The second-order valence-corrected chi connectivity index (χ2v) is 4.19. The number of ether oxygens (including phenoxy) is 1. The lowest BCUT2D eigenvalue weighted by Gasteiger charge is -2.08. The molecule has 0 N–H and O–H groups in total. The molecule has 0 fully saturated rings. The highest BCUT2D eigenvalue weighted by atomic mass is 16.5. The van der Waals surface area contributed by atoms with Crippen molar-refractivity contribution in [1.82, 2.24) is 0 Å². The first-order valence-corrected chi connectivity index (χ1v) is 6.02. The summed E-state index contributed by atoms with van der Waals surface area (Å²) in [6.07, 6.45) is 1.39. The third kappa shape index (κ3) is 2.36. The molecular weight excluding hydrogens is 240 g/mol. The topological polar surface area (TPSA) is 39.4 Å². The highest BCUT2D eigenvalue weighted by molar-refractivity contribution is 5.83. The van der Waals surface area contributed by atoms with Crippen LogP contribution in [0.25, 0.3) is 11.0 Å².